The fourth-order valence-corrected chi connectivity index (χ4v) is 3.82. The van der Waals surface area contributed by atoms with Crippen molar-refractivity contribution in [3.8, 4) is 0 Å². The lowest BCUT2D eigenvalue weighted by atomic mass is 10.1. The molecule has 1 aromatic carbocycles. The highest BCUT2D eigenvalue weighted by molar-refractivity contribution is 8.26. The number of nitrogens with zero attached hydrogens (tertiary/aromatic N) is 2. The molecule has 0 bridgehead atoms. The SMILES string of the molecule is CCN(CCO)C(=O)CN1C(=O)/C(=C\C(C)=C\c2ccccc2)SC1=S. The van der Waals surface area contributed by atoms with Crippen LogP contribution in [0.2, 0.25) is 0 Å². The highest BCUT2D eigenvalue weighted by atomic mass is 32.2. The second kappa shape index (κ2) is 9.66. The standard InChI is InChI=1S/C19H22N2O3S2/c1-3-20(9-10-22)17(23)13-21-18(24)16(26-19(21)25)12-14(2)11-15-7-5-4-6-8-15/h4-8,11-12,22H,3,9-10,13H2,1-2H3/b14-11+,16-12+. The monoisotopic (exact) mass is 390 g/mol. The third-order valence-electron chi connectivity index (χ3n) is 3.82. The van der Waals surface area contributed by atoms with Crippen molar-refractivity contribution in [2.24, 2.45) is 0 Å². The molecule has 2 amide bonds. The molecule has 1 N–H and O–H groups in total. The molecule has 0 unspecified atom stereocenters. The summed E-state index contributed by atoms with van der Waals surface area (Å²) in [6, 6.07) is 9.83. The fourth-order valence-electron chi connectivity index (χ4n) is 2.51. The Balaban J connectivity index is 2.10. The highest BCUT2D eigenvalue weighted by Crippen LogP contribution is 2.32. The second-order valence-electron chi connectivity index (χ2n) is 5.76. The summed E-state index contributed by atoms with van der Waals surface area (Å²) in [5.74, 6) is -0.482. The van der Waals surface area contributed by atoms with E-state index in [4.69, 9.17) is 17.3 Å². The van der Waals surface area contributed by atoms with Gasteiger partial charge in [-0.2, -0.15) is 0 Å². The molecular weight excluding hydrogens is 368 g/mol. The average Bonchev–Trinajstić information content (AvgIpc) is 2.87. The number of benzene rings is 1. The van der Waals surface area contributed by atoms with Crippen molar-refractivity contribution >= 4 is 46.2 Å². The highest BCUT2D eigenvalue weighted by Gasteiger charge is 2.34. The molecule has 1 aliphatic heterocycles. The Bertz CT molecular complexity index is 744. The summed E-state index contributed by atoms with van der Waals surface area (Å²) in [7, 11) is 0. The minimum absolute atomic E-state index is 0.0999. The summed E-state index contributed by atoms with van der Waals surface area (Å²) >= 11 is 6.47. The lowest BCUT2D eigenvalue weighted by molar-refractivity contribution is -0.135. The van der Waals surface area contributed by atoms with Gasteiger partial charge < -0.3 is 10.0 Å². The molecule has 7 heteroatoms. The van der Waals surface area contributed by atoms with E-state index in [2.05, 4.69) is 0 Å². The van der Waals surface area contributed by atoms with E-state index in [0.29, 0.717) is 15.8 Å². The molecule has 138 valence electrons. The summed E-state index contributed by atoms with van der Waals surface area (Å²) in [4.78, 5) is 28.3. The van der Waals surface area contributed by atoms with Gasteiger partial charge in [-0.05, 0) is 31.1 Å². The van der Waals surface area contributed by atoms with Crippen molar-refractivity contribution in [3.63, 3.8) is 0 Å². The zero-order valence-electron chi connectivity index (χ0n) is 14.8. The van der Waals surface area contributed by atoms with Crippen LogP contribution in [0.5, 0.6) is 0 Å². The van der Waals surface area contributed by atoms with E-state index in [-0.39, 0.29) is 31.5 Å². The van der Waals surface area contributed by atoms with Crippen molar-refractivity contribution in [3.05, 3.63) is 52.4 Å². The van der Waals surface area contributed by atoms with Crippen LogP contribution in [0.3, 0.4) is 0 Å². The van der Waals surface area contributed by atoms with E-state index in [9.17, 15) is 9.59 Å². The number of allylic oxidation sites excluding steroid dienone is 2. The van der Waals surface area contributed by atoms with Crippen LogP contribution in [-0.4, -0.2) is 57.3 Å². The number of likely N-dealkylation sites (N-methyl/N-ethyl adjacent to an activating group) is 1. The number of hydrogen-bond donors (Lipinski definition) is 1. The summed E-state index contributed by atoms with van der Waals surface area (Å²) < 4.78 is 0.377. The number of carbonyl (C=O) groups excluding carboxylic acids is 2. The molecule has 0 saturated carbocycles. The summed E-state index contributed by atoms with van der Waals surface area (Å²) in [5, 5.41) is 9.02. The van der Waals surface area contributed by atoms with Crippen LogP contribution >= 0.6 is 24.0 Å². The van der Waals surface area contributed by atoms with Crippen molar-refractivity contribution < 1.29 is 14.7 Å². The molecule has 1 saturated heterocycles. The van der Waals surface area contributed by atoms with Crippen LogP contribution in [0.4, 0.5) is 0 Å². The molecule has 0 atom stereocenters. The van der Waals surface area contributed by atoms with E-state index < -0.39 is 0 Å². The number of rotatable bonds is 7. The van der Waals surface area contributed by atoms with Crippen molar-refractivity contribution in [2.75, 3.05) is 26.2 Å². The summed E-state index contributed by atoms with van der Waals surface area (Å²) in [5.41, 5.74) is 1.98. The first kappa shape index (κ1) is 20.4. The van der Waals surface area contributed by atoms with Crippen LogP contribution in [0.15, 0.2) is 46.9 Å². The van der Waals surface area contributed by atoms with Crippen LogP contribution in [0, 0.1) is 0 Å². The van der Waals surface area contributed by atoms with Gasteiger partial charge in [-0.3, -0.25) is 14.5 Å². The summed E-state index contributed by atoms with van der Waals surface area (Å²) in [6.07, 6.45) is 3.78. The molecule has 1 aliphatic rings. The maximum Gasteiger partial charge on any atom is 0.266 e. The van der Waals surface area contributed by atoms with Crippen molar-refractivity contribution in [1.82, 2.24) is 9.80 Å². The smallest absolute Gasteiger partial charge is 0.266 e. The lowest BCUT2D eigenvalue weighted by Crippen LogP contribution is -2.43. The Morgan fingerprint density at radius 3 is 2.65 bits per heavy atom. The first-order valence-electron chi connectivity index (χ1n) is 8.33. The summed E-state index contributed by atoms with van der Waals surface area (Å²) in [6.45, 7) is 4.26. The van der Waals surface area contributed by atoms with Gasteiger partial charge in [-0.1, -0.05) is 60.4 Å². The van der Waals surface area contributed by atoms with Crippen LogP contribution in [0.1, 0.15) is 19.4 Å². The minimum atomic E-state index is -0.255. The van der Waals surface area contributed by atoms with Crippen LogP contribution < -0.4 is 0 Å². The Morgan fingerprint density at radius 2 is 2.04 bits per heavy atom. The van der Waals surface area contributed by atoms with E-state index in [1.807, 2.05) is 50.3 Å². The van der Waals surface area contributed by atoms with E-state index in [1.54, 1.807) is 6.08 Å². The molecule has 0 radical (unpaired) electrons. The van der Waals surface area contributed by atoms with E-state index in [1.165, 1.54) is 21.6 Å². The quantitative estimate of drug-likeness (QED) is 0.573. The predicted molar refractivity (Wildman–Crippen MR) is 109 cm³/mol. The number of amides is 2. The topological polar surface area (TPSA) is 60.9 Å². The zero-order chi connectivity index (χ0) is 19.1. The zero-order valence-corrected chi connectivity index (χ0v) is 16.5. The van der Waals surface area contributed by atoms with Crippen LogP contribution in [0.25, 0.3) is 6.08 Å². The van der Waals surface area contributed by atoms with Gasteiger partial charge >= 0.3 is 0 Å². The molecule has 5 nitrogen and oxygen atoms in total. The average molecular weight is 391 g/mol. The third kappa shape index (κ3) is 5.27. The number of carbonyl (C=O) groups is 2. The number of aliphatic hydroxyl groups excluding tert-OH is 1. The lowest BCUT2D eigenvalue weighted by Gasteiger charge is -2.22. The van der Waals surface area contributed by atoms with Gasteiger partial charge in [0.15, 0.2) is 0 Å². The molecule has 1 aromatic rings. The van der Waals surface area contributed by atoms with Gasteiger partial charge in [0.25, 0.3) is 5.91 Å². The molecule has 0 aliphatic carbocycles. The number of hydrogen-bond acceptors (Lipinski definition) is 5. The first-order chi connectivity index (χ1) is 12.5. The van der Waals surface area contributed by atoms with Gasteiger partial charge in [0.2, 0.25) is 5.91 Å². The third-order valence-corrected chi connectivity index (χ3v) is 5.20. The molecule has 0 aromatic heterocycles. The first-order valence-corrected chi connectivity index (χ1v) is 9.56. The van der Waals surface area contributed by atoms with E-state index in [0.717, 1.165) is 11.1 Å². The minimum Gasteiger partial charge on any atom is -0.395 e. The van der Waals surface area contributed by atoms with Crippen molar-refractivity contribution in [1.29, 1.82) is 0 Å². The van der Waals surface area contributed by atoms with Gasteiger partial charge in [0, 0.05) is 13.1 Å². The van der Waals surface area contributed by atoms with E-state index >= 15 is 0 Å². The Labute approximate surface area is 163 Å². The number of aliphatic hydroxyl groups is 1. The molecule has 0 spiro atoms. The molecular formula is C19H22N2O3S2. The molecule has 1 fully saturated rings. The fraction of sp³-hybridized carbons (Fsp3) is 0.316. The maximum absolute atomic E-state index is 12.6. The number of thiocarbonyl (C=S) groups is 1. The van der Waals surface area contributed by atoms with Crippen LogP contribution in [-0.2, 0) is 9.59 Å². The Kier molecular flexibility index (Phi) is 7.56. The van der Waals surface area contributed by atoms with Gasteiger partial charge in [0.05, 0.1) is 11.5 Å². The maximum atomic E-state index is 12.6. The van der Waals surface area contributed by atoms with Gasteiger partial charge in [0.1, 0.15) is 10.9 Å². The molecule has 26 heavy (non-hydrogen) atoms. The normalized spacial score (nSPS) is 16.5. The number of thioether (sulfide) groups is 1. The van der Waals surface area contributed by atoms with Gasteiger partial charge in [-0.25, -0.2) is 0 Å². The van der Waals surface area contributed by atoms with Gasteiger partial charge in [-0.15, -0.1) is 0 Å². The molecule has 2 rings (SSSR count). The second-order valence-corrected chi connectivity index (χ2v) is 7.44. The molecule has 1 heterocycles. The Morgan fingerprint density at radius 1 is 1.35 bits per heavy atom. The van der Waals surface area contributed by atoms with Crippen molar-refractivity contribution in [2.45, 2.75) is 13.8 Å². The Hall–Kier alpha value is -1.96. The predicted octanol–water partition coefficient (Wildman–Crippen LogP) is 2.67. The largest absolute Gasteiger partial charge is 0.395 e.